The Balaban J connectivity index is 4.09. The van der Waals surface area contributed by atoms with Gasteiger partial charge in [-0.1, -0.05) is 164 Å². The van der Waals surface area contributed by atoms with Crippen molar-refractivity contribution < 1.29 is 19.4 Å². The Hall–Kier alpha value is -2.36. The maximum absolute atomic E-state index is 12.7. The van der Waals surface area contributed by atoms with Crippen LogP contribution in [-0.4, -0.2) is 23.1 Å². The fraction of sp³-hybridized carbons (Fsp3) is 0.727. The lowest BCUT2D eigenvalue weighted by Gasteiger charge is -2.18. The zero-order valence-corrected chi connectivity index (χ0v) is 31.5. The molecule has 0 aliphatic heterocycles. The number of carboxylic acid groups (broad SMARTS) is 1. The van der Waals surface area contributed by atoms with Gasteiger partial charge in [0.2, 0.25) is 0 Å². The first-order chi connectivity index (χ1) is 23.6. The lowest BCUT2D eigenvalue weighted by atomic mass is 10.0. The SMILES string of the molecule is CC/C=C\C/C=C\C/C=C\C/C=C\C/C=C\CCCCCC(=O)OC(CCCCCCCCCC)CCCCCCCCCCC(=O)O. The van der Waals surface area contributed by atoms with Crippen LogP contribution in [-0.2, 0) is 14.3 Å². The van der Waals surface area contributed by atoms with Crippen molar-refractivity contribution in [1.29, 1.82) is 0 Å². The summed E-state index contributed by atoms with van der Waals surface area (Å²) in [6.45, 7) is 4.42. The number of ether oxygens (including phenoxy) is 1. The molecule has 4 nitrogen and oxygen atoms in total. The van der Waals surface area contributed by atoms with Crippen molar-refractivity contribution in [2.24, 2.45) is 0 Å². The first-order valence-electron chi connectivity index (χ1n) is 20.3. The number of carboxylic acids is 1. The maximum Gasteiger partial charge on any atom is 0.306 e. The Morgan fingerprint density at radius 2 is 0.875 bits per heavy atom. The minimum atomic E-state index is -0.686. The quantitative estimate of drug-likeness (QED) is 0.0410. The Bertz CT molecular complexity index is 850. The Kier molecular flexibility index (Phi) is 37.2. The van der Waals surface area contributed by atoms with E-state index in [1.54, 1.807) is 0 Å². The molecule has 0 radical (unpaired) electrons. The molecule has 0 fully saturated rings. The van der Waals surface area contributed by atoms with Gasteiger partial charge in [0, 0.05) is 12.8 Å². The number of carbonyl (C=O) groups excluding carboxylic acids is 1. The van der Waals surface area contributed by atoms with Crippen LogP contribution < -0.4 is 0 Å². The van der Waals surface area contributed by atoms with Crippen molar-refractivity contribution in [3.8, 4) is 0 Å². The predicted molar refractivity (Wildman–Crippen MR) is 208 cm³/mol. The van der Waals surface area contributed by atoms with E-state index in [-0.39, 0.29) is 12.1 Å². The van der Waals surface area contributed by atoms with Gasteiger partial charge in [0.05, 0.1) is 0 Å². The van der Waals surface area contributed by atoms with Crippen molar-refractivity contribution in [3.05, 3.63) is 60.8 Å². The minimum Gasteiger partial charge on any atom is -0.481 e. The molecule has 0 aromatic heterocycles. The average molecular weight is 669 g/mol. The van der Waals surface area contributed by atoms with Crippen LogP contribution in [0, 0.1) is 0 Å². The van der Waals surface area contributed by atoms with E-state index >= 15 is 0 Å². The van der Waals surface area contributed by atoms with E-state index < -0.39 is 5.97 Å². The zero-order chi connectivity index (χ0) is 35.0. The van der Waals surface area contributed by atoms with Gasteiger partial charge in [0.25, 0.3) is 0 Å². The van der Waals surface area contributed by atoms with Crippen molar-refractivity contribution in [3.63, 3.8) is 0 Å². The molecule has 4 heteroatoms. The molecule has 0 rings (SSSR count). The molecule has 0 aromatic carbocycles. The highest BCUT2D eigenvalue weighted by atomic mass is 16.5. The molecule has 0 bridgehead atoms. The number of unbranched alkanes of at least 4 members (excludes halogenated alkanes) is 17. The van der Waals surface area contributed by atoms with Crippen LogP contribution in [0.1, 0.15) is 200 Å². The third kappa shape index (κ3) is 38.1. The highest BCUT2D eigenvalue weighted by Gasteiger charge is 2.14. The summed E-state index contributed by atoms with van der Waals surface area (Å²) in [5.74, 6) is -0.690. The first kappa shape index (κ1) is 45.6. The van der Waals surface area contributed by atoms with E-state index in [1.165, 1.54) is 70.6 Å². The van der Waals surface area contributed by atoms with Crippen LogP contribution in [0.15, 0.2) is 60.8 Å². The highest BCUT2D eigenvalue weighted by Crippen LogP contribution is 2.19. The second kappa shape index (κ2) is 39.1. The largest absolute Gasteiger partial charge is 0.481 e. The summed E-state index contributed by atoms with van der Waals surface area (Å²) in [6.07, 6.45) is 53.9. The molecule has 276 valence electrons. The second-order valence-corrected chi connectivity index (χ2v) is 13.4. The molecule has 0 spiro atoms. The molecule has 48 heavy (non-hydrogen) atoms. The number of rotatable bonds is 36. The van der Waals surface area contributed by atoms with E-state index in [4.69, 9.17) is 9.84 Å². The van der Waals surface area contributed by atoms with E-state index in [0.29, 0.717) is 12.8 Å². The molecule has 0 aliphatic carbocycles. The fourth-order valence-corrected chi connectivity index (χ4v) is 5.80. The molecule has 0 saturated heterocycles. The molecular formula is C44H76O4. The summed E-state index contributed by atoms with van der Waals surface area (Å²) in [6, 6.07) is 0. The van der Waals surface area contributed by atoms with Gasteiger partial charge in [-0.25, -0.2) is 0 Å². The summed E-state index contributed by atoms with van der Waals surface area (Å²) < 4.78 is 6.02. The summed E-state index contributed by atoms with van der Waals surface area (Å²) in [5, 5.41) is 8.75. The topological polar surface area (TPSA) is 63.6 Å². The summed E-state index contributed by atoms with van der Waals surface area (Å²) in [7, 11) is 0. The first-order valence-corrected chi connectivity index (χ1v) is 20.3. The standard InChI is InChI=1S/C44H76O4/c1-3-5-7-9-11-13-14-15-16-17-18-19-20-21-22-23-29-33-37-41-44(47)48-42(38-34-30-26-12-10-8-6-4-2)39-35-31-27-24-25-28-32-36-40-43(45)46/h5,7,11,13,15-16,18-19,21-22,42H,3-4,6,8-10,12,14,17,20,23-41H2,1-2H3,(H,45,46)/b7-5-,13-11-,16-15-,19-18-,22-21-. The van der Waals surface area contributed by atoms with Gasteiger partial charge in [-0.3, -0.25) is 9.59 Å². The van der Waals surface area contributed by atoms with Crippen molar-refractivity contribution >= 4 is 11.9 Å². The number of carbonyl (C=O) groups is 2. The number of esters is 1. The Labute approximate surface area is 297 Å². The molecule has 0 heterocycles. The molecule has 0 aromatic rings. The van der Waals surface area contributed by atoms with Crippen LogP contribution in [0.25, 0.3) is 0 Å². The maximum atomic E-state index is 12.7. The molecule has 1 unspecified atom stereocenters. The number of hydrogen-bond acceptors (Lipinski definition) is 3. The molecule has 0 aliphatic rings. The third-order valence-corrected chi connectivity index (χ3v) is 8.75. The average Bonchev–Trinajstić information content (AvgIpc) is 3.07. The van der Waals surface area contributed by atoms with Crippen LogP contribution in [0.4, 0.5) is 0 Å². The van der Waals surface area contributed by atoms with Crippen molar-refractivity contribution in [1.82, 2.24) is 0 Å². The van der Waals surface area contributed by atoms with Crippen LogP contribution in [0.2, 0.25) is 0 Å². The number of aliphatic carboxylic acids is 1. The van der Waals surface area contributed by atoms with Crippen LogP contribution in [0.5, 0.6) is 0 Å². The smallest absolute Gasteiger partial charge is 0.306 e. The van der Waals surface area contributed by atoms with E-state index in [0.717, 1.165) is 103 Å². The van der Waals surface area contributed by atoms with Crippen LogP contribution >= 0.6 is 0 Å². The van der Waals surface area contributed by atoms with Crippen molar-refractivity contribution in [2.75, 3.05) is 0 Å². The Morgan fingerprint density at radius 1 is 0.479 bits per heavy atom. The van der Waals surface area contributed by atoms with E-state index in [1.807, 2.05) is 0 Å². The van der Waals surface area contributed by atoms with Gasteiger partial charge in [0.15, 0.2) is 0 Å². The van der Waals surface area contributed by atoms with Gasteiger partial charge >= 0.3 is 11.9 Å². The monoisotopic (exact) mass is 669 g/mol. The predicted octanol–water partition coefficient (Wildman–Crippen LogP) is 14.1. The van der Waals surface area contributed by atoms with Gasteiger partial charge in [-0.15, -0.1) is 0 Å². The second-order valence-electron chi connectivity index (χ2n) is 13.4. The normalized spacial score (nSPS) is 12.9. The van der Waals surface area contributed by atoms with E-state index in [9.17, 15) is 9.59 Å². The molecule has 0 amide bonds. The molecule has 0 saturated carbocycles. The van der Waals surface area contributed by atoms with Gasteiger partial charge in [0.1, 0.15) is 6.10 Å². The molecule has 1 N–H and O–H groups in total. The lowest BCUT2D eigenvalue weighted by Crippen LogP contribution is -2.18. The van der Waals surface area contributed by atoms with E-state index in [2.05, 4.69) is 74.6 Å². The minimum absolute atomic E-state index is 0.00388. The third-order valence-electron chi connectivity index (χ3n) is 8.75. The van der Waals surface area contributed by atoms with Gasteiger partial charge < -0.3 is 9.84 Å². The summed E-state index contributed by atoms with van der Waals surface area (Å²) in [5.41, 5.74) is 0. The van der Waals surface area contributed by atoms with Crippen molar-refractivity contribution in [2.45, 2.75) is 206 Å². The lowest BCUT2D eigenvalue weighted by molar-refractivity contribution is -0.150. The van der Waals surface area contributed by atoms with Gasteiger partial charge in [-0.2, -0.15) is 0 Å². The summed E-state index contributed by atoms with van der Waals surface area (Å²) >= 11 is 0. The zero-order valence-electron chi connectivity index (χ0n) is 31.5. The summed E-state index contributed by atoms with van der Waals surface area (Å²) in [4.78, 5) is 23.3. The number of allylic oxidation sites excluding steroid dienone is 10. The highest BCUT2D eigenvalue weighted by molar-refractivity contribution is 5.69. The number of hydrogen-bond donors (Lipinski definition) is 1. The fourth-order valence-electron chi connectivity index (χ4n) is 5.80. The van der Waals surface area contributed by atoms with Gasteiger partial charge in [-0.05, 0) is 83.5 Å². The molecular weight excluding hydrogens is 592 g/mol. The van der Waals surface area contributed by atoms with Crippen LogP contribution in [0.3, 0.4) is 0 Å². The molecule has 1 atom stereocenters. The Morgan fingerprint density at radius 3 is 1.35 bits per heavy atom.